The van der Waals surface area contributed by atoms with Crippen LogP contribution in [0, 0.1) is 17.3 Å². The molecule has 0 aliphatic heterocycles. The molecule has 1 rings (SSSR count). The maximum absolute atomic E-state index is 13.0. The minimum Gasteiger partial charge on any atom is -0.495 e. The van der Waals surface area contributed by atoms with Gasteiger partial charge in [-0.3, -0.25) is 0 Å². The van der Waals surface area contributed by atoms with E-state index in [0.29, 0.717) is 0 Å². The molecule has 0 spiro atoms. The van der Waals surface area contributed by atoms with Crippen molar-refractivity contribution in [3.63, 3.8) is 0 Å². The molecule has 3 nitrogen and oxygen atoms in total. The fraction of sp³-hybridized carbons (Fsp3) is 0.333. The summed E-state index contributed by atoms with van der Waals surface area (Å²) < 4.78 is 42.7. The number of ether oxygens (including phenoxy) is 1. The Kier molecular flexibility index (Phi) is 3.50. The molecule has 0 saturated carbocycles. The molecule has 0 atom stereocenters. The molecule has 0 N–H and O–H groups in total. The molecule has 0 aliphatic carbocycles. The number of alkyl halides is 2. The van der Waals surface area contributed by atoms with E-state index in [-0.39, 0.29) is 17.7 Å². The smallest absolute Gasteiger partial charge is 0.268 e. The van der Waals surface area contributed by atoms with Crippen LogP contribution in [0.2, 0.25) is 0 Å². The molecule has 0 radical (unpaired) electrons. The summed E-state index contributed by atoms with van der Waals surface area (Å²) in [6.07, 6.45) is -2.38. The summed E-state index contributed by atoms with van der Waals surface area (Å²) in [5, 5.41) is 8.44. The largest absolute Gasteiger partial charge is 0.495 e. The third-order valence-electron chi connectivity index (χ3n) is 1.83. The first-order chi connectivity index (χ1) is 7.11. The van der Waals surface area contributed by atoms with Gasteiger partial charge in [0.05, 0.1) is 31.4 Å². The molecule has 0 fully saturated rings. The molecule has 0 amide bonds. The highest BCUT2D eigenvalue weighted by Crippen LogP contribution is 2.31. The maximum atomic E-state index is 13.0. The van der Waals surface area contributed by atoms with Gasteiger partial charge in [-0.1, -0.05) is 0 Å². The standard InChI is InChI=1S/C9H7F3N2O/c1-15-6-4-14-9(12)7(8(10)11)5(6)2-3-13/h4,8H,2H2,1H3. The molecule has 0 saturated heterocycles. The van der Waals surface area contributed by atoms with Crippen molar-refractivity contribution in [3.05, 3.63) is 23.3 Å². The Bertz CT molecular complexity index is 401. The second-order valence-electron chi connectivity index (χ2n) is 2.65. The zero-order valence-corrected chi connectivity index (χ0v) is 7.80. The number of methoxy groups -OCH3 is 1. The predicted molar refractivity (Wildman–Crippen MR) is 45.0 cm³/mol. The maximum Gasteiger partial charge on any atom is 0.268 e. The Balaban J connectivity index is 3.38. The highest BCUT2D eigenvalue weighted by atomic mass is 19.3. The molecule has 80 valence electrons. The summed E-state index contributed by atoms with van der Waals surface area (Å²) in [4.78, 5) is 3.13. The third kappa shape index (κ3) is 2.18. The van der Waals surface area contributed by atoms with Crippen LogP contribution in [0.1, 0.15) is 17.6 Å². The lowest BCUT2D eigenvalue weighted by atomic mass is 10.1. The van der Waals surface area contributed by atoms with E-state index in [1.807, 2.05) is 0 Å². The number of halogens is 3. The van der Waals surface area contributed by atoms with E-state index in [9.17, 15) is 13.2 Å². The van der Waals surface area contributed by atoms with Gasteiger partial charge in [-0.25, -0.2) is 13.8 Å². The van der Waals surface area contributed by atoms with Gasteiger partial charge in [0.25, 0.3) is 6.43 Å². The topological polar surface area (TPSA) is 45.9 Å². The van der Waals surface area contributed by atoms with E-state index in [1.165, 1.54) is 7.11 Å². The minimum atomic E-state index is -3.02. The highest BCUT2D eigenvalue weighted by Gasteiger charge is 2.22. The quantitative estimate of drug-likeness (QED) is 0.728. The van der Waals surface area contributed by atoms with Crippen molar-refractivity contribution in [2.75, 3.05) is 7.11 Å². The highest BCUT2D eigenvalue weighted by molar-refractivity contribution is 5.40. The fourth-order valence-electron chi connectivity index (χ4n) is 1.18. The van der Waals surface area contributed by atoms with Crippen molar-refractivity contribution in [3.8, 4) is 11.8 Å². The van der Waals surface area contributed by atoms with Gasteiger partial charge in [-0.2, -0.15) is 9.65 Å². The summed E-state index contributed by atoms with van der Waals surface area (Å²) in [5.41, 5.74) is -1.02. The monoisotopic (exact) mass is 216 g/mol. The van der Waals surface area contributed by atoms with Gasteiger partial charge in [0.15, 0.2) is 0 Å². The molecule has 6 heteroatoms. The van der Waals surface area contributed by atoms with Crippen LogP contribution in [0.5, 0.6) is 5.75 Å². The number of nitrogens with zero attached hydrogens (tertiary/aromatic N) is 2. The average Bonchev–Trinajstić information content (AvgIpc) is 2.18. The molecule has 0 aliphatic rings. The van der Waals surface area contributed by atoms with Crippen LogP contribution in [0.15, 0.2) is 6.20 Å². The normalized spacial score (nSPS) is 10.1. The number of rotatable bonds is 3. The van der Waals surface area contributed by atoms with Gasteiger partial charge in [0.2, 0.25) is 5.95 Å². The van der Waals surface area contributed by atoms with E-state index >= 15 is 0 Å². The molecule has 1 aromatic heterocycles. The molecular formula is C9H7F3N2O. The zero-order valence-electron chi connectivity index (χ0n) is 7.80. The molecular weight excluding hydrogens is 209 g/mol. The average molecular weight is 216 g/mol. The van der Waals surface area contributed by atoms with Crippen molar-refractivity contribution in [1.82, 2.24) is 4.98 Å². The summed E-state index contributed by atoms with van der Waals surface area (Å²) in [6, 6.07) is 1.67. The number of hydrogen-bond acceptors (Lipinski definition) is 3. The first-order valence-electron chi connectivity index (χ1n) is 3.98. The van der Waals surface area contributed by atoms with Crippen LogP contribution in [0.25, 0.3) is 0 Å². The lowest BCUT2D eigenvalue weighted by Gasteiger charge is -2.10. The van der Waals surface area contributed by atoms with Crippen LogP contribution in [0.4, 0.5) is 13.2 Å². The Morgan fingerprint density at radius 1 is 1.60 bits per heavy atom. The number of nitriles is 1. The number of pyridine rings is 1. The Morgan fingerprint density at radius 2 is 2.27 bits per heavy atom. The van der Waals surface area contributed by atoms with Crippen molar-refractivity contribution in [1.29, 1.82) is 5.26 Å². The number of hydrogen-bond donors (Lipinski definition) is 0. The van der Waals surface area contributed by atoms with Crippen LogP contribution in [-0.2, 0) is 6.42 Å². The van der Waals surface area contributed by atoms with Gasteiger partial charge in [-0.05, 0) is 0 Å². The molecule has 0 bridgehead atoms. The Morgan fingerprint density at radius 3 is 2.73 bits per heavy atom. The molecule has 1 heterocycles. The minimum absolute atomic E-state index is 0.00625. The Hall–Kier alpha value is -1.77. The lowest BCUT2D eigenvalue weighted by Crippen LogP contribution is -2.04. The van der Waals surface area contributed by atoms with E-state index in [1.54, 1.807) is 6.07 Å². The zero-order chi connectivity index (χ0) is 11.4. The van der Waals surface area contributed by atoms with E-state index < -0.39 is 17.9 Å². The van der Waals surface area contributed by atoms with Crippen LogP contribution in [0.3, 0.4) is 0 Å². The summed E-state index contributed by atoms with van der Waals surface area (Å²) in [5.74, 6) is -1.27. The van der Waals surface area contributed by atoms with Gasteiger partial charge in [-0.15, -0.1) is 0 Å². The van der Waals surface area contributed by atoms with Crippen molar-refractivity contribution in [2.24, 2.45) is 0 Å². The van der Waals surface area contributed by atoms with Crippen molar-refractivity contribution < 1.29 is 17.9 Å². The number of aromatic nitrogens is 1. The second kappa shape index (κ2) is 4.64. The SMILES string of the molecule is COc1cnc(F)c(C(F)F)c1CC#N. The summed E-state index contributed by atoms with van der Waals surface area (Å²) >= 11 is 0. The van der Waals surface area contributed by atoms with Gasteiger partial charge >= 0.3 is 0 Å². The predicted octanol–water partition coefficient (Wildman–Crippen LogP) is 2.23. The van der Waals surface area contributed by atoms with E-state index in [0.717, 1.165) is 6.20 Å². The van der Waals surface area contributed by atoms with Crippen molar-refractivity contribution >= 4 is 0 Å². The second-order valence-corrected chi connectivity index (χ2v) is 2.65. The first kappa shape index (κ1) is 11.3. The Labute approximate surface area is 84.1 Å². The first-order valence-corrected chi connectivity index (χ1v) is 3.98. The molecule has 15 heavy (non-hydrogen) atoms. The molecule has 0 aromatic carbocycles. The van der Waals surface area contributed by atoms with Gasteiger partial charge in [0.1, 0.15) is 5.75 Å². The van der Waals surface area contributed by atoms with Crippen LogP contribution in [-0.4, -0.2) is 12.1 Å². The molecule has 0 unspecified atom stereocenters. The van der Waals surface area contributed by atoms with Gasteiger partial charge in [0, 0.05) is 5.56 Å². The van der Waals surface area contributed by atoms with Crippen molar-refractivity contribution in [2.45, 2.75) is 12.8 Å². The fourth-order valence-corrected chi connectivity index (χ4v) is 1.18. The lowest BCUT2D eigenvalue weighted by molar-refractivity contribution is 0.143. The molecule has 1 aromatic rings. The van der Waals surface area contributed by atoms with E-state index in [2.05, 4.69) is 4.98 Å². The van der Waals surface area contributed by atoms with Gasteiger partial charge < -0.3 is 4.74 Å². The third-order valence-corrected chi connectivity index (χ3v) is 1.83. The van der Waals surface area contributed by atoms with Crippen LogP contribution >= 0.6 is 0 Å². The van der Waals surface area contributed by atoms with Crippen LogP contribution < -0.4 is 4.74 Å². The summed E-state index contributed by atoms with van der Waals surface area (Å²) in [7, 11) is 1.24. The van der Waals surface area contributed by atoms with E-state index in [4.69, 9.17) is 10.00 Å². The summed E-state index contributed by atoms with van der Waals surface area (Å²) in [6.45, 7) is 0.